The van der Waals surface area contributed by atoms with Crippen LogP contribution in [0, 0.1) is 5.82 Å². The van der Waals surface area contributed by atoms with E-state index in [9.17, 15) is 22.4 Å². The maximum Gasteiger partial charge on any atom is 0.419 e. The smallest absolute Gasteiger partial charge is 0.358 e. The molecule has 1 aliphatic heterocycles. The third-order valence-electron chi connectivity index (χ3n) is 3.74. The monoisotopic (exact) mass is 304 g/mol. The summed E-state index contributed by atoms with van der Waals surface area (Å²) in [5.74, 6) is -1.58. The van der Waals surface area contributed by atoms with Crippen molar-refractivity contribution in [3.63, 3.8) is 0 Å². The topological polar surface area (TPSA) is 41.1 Å². The maximum atomic E-state index is 13.6. The van der Waals surface area contributed by atoms with Crippen molar-refractivity contribution in [1.29, 1.82) is 0 Å². The molecule has 21 heavy (non-hydrogen) atoms. The van der Waals surface area contributed by atoms with Crippen molar-refractivity contribution in [2.24, 2.45) is 0 Å². The van der Waals surface area contributed by atoms with Gasteiger partial charge in [-0.15, -0.1) is 0 Å². The summed E-state index contributed by atoms with van der Waals surface area (Å²) in [5, 5.41) is 5.56. The Hall–Kier alpha value is -1.63. The van der Waals surface area contributed by atoms with Crippen molar-refractivity contribution >= 4 is 5.91 Å². The largest absolute Gasteiger partial charge is 0.419 e. The van der Waals surface area contributed by atoms with Crippen molar-refractivity contribution in [3.05, 3.63) is 35.1 Å². The molecule has 0 spiro atoms. The summed E-state index contributed by atoms with van der Waals surface area (Å²) in [4.78, 5) is 11.6. The Bertz CT molecular complexity index is 530. The number of piperidine rings is 1. The van der Waals surface area contributed by atoms with Crippen LogP contribution in [0.5, 0.6) is 0 Å². The Labute approximate surface area is 119 Å². The van der Waals surface area contributed by atoms with Gasteiger partial charge in [0, 0.05) is 7.05 Å². The van der Waals surface area contributed by atoms with Crippen LogP contribution in [0.4, 0.5) is 17.6 Å². The minimum Gasteiger partial charge on any atom is -0.358 e. The lowest BCUT2D eigenvalue weighted by Crippen LogP contribution is -2.47. The molecule has 0 aromatic heterocycles. The van der Waals surface area contributed by atoms with E-state index < -0.39 is 23.6 Å². The Kier molecular flexibility index (Phi) is 4.51. The standard InChI is InChI=1S/C14H16F4N2O/c1-19-13(21)12-7-9(4-5-20-12)8-2-3-10(11(15)6-8)14(16,17)18/h2-3,6,9,12,20H,4-5,7H2,1H3,(H,19,21). The third-order valence-corrected chi connectivity index (χ3v) is 3.74. The fraction of sp³-hybridized carbons (Fsp3) is 0.500. The summed E-state index contributed by atoms with van der Waals surface area (Å²) in [6.45, 7) is 0.561. The molecule has 0 radical (unpaired) electrons. The molecule has 0 bridgehead atoms. The van der Waals surface area contributed by atoms with Crippen LogP contribution in [-0.4, -0.2) is 25.5 Å². The van der Waals surface area contributed by atoms with Crippen LogP contribution in [0.1, 0.15) is 29.9 Å². The molecule has 7 heteroatoms. The Morgan fingerprint density at radius 1 is 1.38 bits per heavy atom. The molecule has 2 N–H and O–H groups in total. The first kappa shape index (κ1) is 15.8. The van der Waals surface area contributed by atoms with Gasteiger partial charge in [0.25, 0.3) is 0 Å². The molecular formula is C14H16F4N2O. The van der Waals surface area contributed by atoms with Crippen LogP contribution in [0.15, 0.2) is 18.2 Å². The summed E-state index contributed by atoms with van der Waals surface area (Å²) < 4.78 is 51.2. The first-order valence-electron chi connectivity index (χ1n) is 6.64. The van der Waals surface area contributed by atoms with E-state index >= 15 is 0 Å². The Morgan fingerprint density at radius 3 is 2.67 bits per heavy atom. The van der Waals surface area contributed by atoms with Gasteiger partial charge in [-0.2, -0.15) is 13.2 Å². The number of carbonyl (C=O) groups is 1. The van der Waals surface area contributed by atoms with Gasteiger partial charge in [0.05, 0.1) is 11.6 Å². The molecule has 3 nitrogen and oxygen atoms in total. The number of hydrogen-bond donors (Lipinski definition) is 2. The zero-order valence-corrected chi connectivity index (χ0v) is 11.4. The van der Waals surface area contributed by atoms with E-state index in [0.717, 1.165) is 12.1 Å². The highest BCUT2D eigenvalue weighted by molar-refractivity contribution is 5.81. The van der Waals surface area contributed by atoms with Gasteiger partial charge < -0.3 is 10.6 Å². The van der Waals surface area contributed by atoms with Crippen LogP contribution in [0.2, 0.25) is 0 Å². The van der Waals surface area contributed by atoms with Crippen molar-refractivity contribution in [2.45, 2.75) is 31.0 Å². The Morgan fingerprint density at radius 2 is 2.10 bits per heavy atom. The minimum absolute atomic E-state index is 0.134. The zero-order valence-electron chi connectivity index (χ0n) is 11.4. The van der Waals surface area contributed by atoms with Gasteiger partial charge in [-0.3, -0.25) is 4.79 Å². The highest BCUT2D eigenvalue weighted by Crippen LogP contribution is 2.34. The summed E-state index contributed by atoms with van der Waals surface area (Å²) in [6.07, 6.45) is -3.61. The molecule has 1 fully saturated rings. The van der Waals surface area contributed by atoms with Crippen LogP contribution in [0.3, 0.4) is 0 Å². The number of rotatable bonds is 2. The van der Waals surface area contributed by atoms with Gasteiger partial charge in [0.2, 0.25) is 5.91 Å². The van der Waals surface area contributed by atoms with Crippen molar-refractivity contribution in [3.8, 4) is 0 Å². The molecule has 1 amide bonds. The minimum atomic E-state index is -4.69. The lowest BCUT2D eigenvalue weighted by molar-refractivity contribution is -0.140. The molecular weight excluding hydrogens is 288 g/mol. The predicted molar refractivity (Wildman–Crippen MR) is 69.2 cm³/mol. The van der Waals surface area contributed by atoms with Crippen LogP contribution >= 0.6 is 0 Å². The number of hydrogen-bond acceptors (Lipinski definition) is 2. The number of benzene rings is 1. The molecule has 2 rings (SSSR count). The van der Waals surface area contributed by atoms with Gasteiger partial charge in [0.1, 0.15) is 5.82 Å². The van der Waals surface area contributed by atoms with E-state index in [1.54, 1.807) is 0 Å². The molecule has 2 atom stereocenters. The molecule has 1 aromatic rings. The zero-order chi connectivity index (χ0) is 15.6. The molecule has 1 saturated heterocycles. The van der Waals surface area contributed by atoms with Gasteiger partial charge in [-0.25, -0.2) is 4.39 Å². The summed E-state index contributed by atoms with van der Waals surface area (Å²) >= 11 is 0. The van der Waals surface area contributed by atoms with E-state index in [2.05, 4.69) is 10.6 Å². The number of carbonyl (C=O) groups excluding carboxylic acids is 1. The second-order valence-electron chi connectivity index (χ2n) is 5.08. The molecule has 0 aliphatic carbocycles. The van der Waals surface area contributed by atoms with E-state index in [-0.39, 0.29) is 11.8 Å². The first-order chi connectivity index (χ1) is 9.82. The maximum absolute atomic E-state index is 13.6. The lowest BCUT2D eigenvalue weighted by atomic mass is 9.85. The number of halogens is 4. The first-order valence-corrected chi connectivity index (χ1v) is 6.64. The average molecular weight is 304 g/mol. The fourth-order valence-corrected chi connectivity index (χ4v) is 2.61. The molecule has 1 heterocycles. The van der Waals surface area contributed by atoms with Gasteiger partial charge in [-0.1, -0.05) is 6.07 Å². The van der Waals surface area contributed by atoms with E-state index in [1.165, 1.54) is 13.1 Å². The van der Waals surface area contributed by atoms with Gasteiger partial charge in [-0.05, 0) is 43.0 Å². The van der Waals surface area contributed by atoms with Crippen molar-refractivity contribution in [1.82, 2.24) is 10.6 Å². The van der Waals surface area contributed by atoms with Crippen molar-refractivity contribution in [2.75, 3.05) is 13.6 Å². The normalized spacial score (nSPS) is 22.9. The highest BCUT2D eigenvalue weighted by Gasteiger charge is 2.35. The fourth-order valence-electron chi connectivity index (χ4n) is 2.61. The second kappa shape index (κ2) is 6.01. The number of likely N-dealkylation sites (N-methyl/N-ethyl adjacent to an activating group) is 1. The Balaban J connectivity index is 2.19. The number of amides is 1. The molecule has 116 valence electrons. The average Bonchev–Trinajstić information content (AvgIpc) is 2.45. The van der Waals surface area contributed by atoms with Crippen LogP contribution in [-0.2, 0) is 11.0 Å². The second-order valence-corrected chi connectivity index (χ2v) is 5.08. The van der Waals surface area contributed by atoms with Gasteiger partial charge in [0.15, 0.2) is 0 Å². The quantitative estimate of drug-likeness (QED) is 0.824. The third kappa shape index (κ3) is 3.53. The molecule has 1 aromatic carbocycles. The van der Waals surface area contributed by atoms with E-state index in [0.29, 0.717) is 24.9 Å². The van der Waals surface area contributed by atoms with E-state index in [4.69, 9.17) is 0 Å². The lowest BCUT2D eigenvalue weighted by Gasteiger charge is -2.29. The molecule has 2 unspecified atom stereocenters. The van der Waals surface area contributed by atoms with Gasteiger partial charge >= 0.3 is 6.18 Å². The number of nitrogens with one attached hydrogen (secondary N) is 2. The van der Waals surface area contributed by atoms with E-state index in [1.807, 2.05) is 0 Å². The van der Waals surface area contributed by atoms with Crippen molar-refractivity contribution < 1.29 is 22.4 Å². The predicted octanol–water partition coefficient (Wildman–Crippen LogP) is 2.43. The summed E-state index contributed by atoms with van der Waals surface area (Å²) in [5.41, 5.74) is -0.765. The van der Waals surface area contributed by atoms with Crippen LogP contribution in [0.25, 0.3) is 0 Å². The summed E-state index contributed by atoms with van der Waals surface area (Å²) in [7, 11) is 1.52. The molecule has 1 aliphatic rings. The van der Waals surface area contributed by atoms with Crippen LogP contribution < -0.4 is 10.6 Å². The summed E-state index contributed by atoms with van der Waals surface area (Å²) in [6, 6.07) is 2.59. The highest BCUT2D eigenvalue weighted by atomic mass is 19.4. The molecule has 0 saturated carbocycles. The SMILES string of the molecule is CNC(=O)C1CC(c2ccc(C(F)(F)F)c(F)c2)CCN1. The number of alkyl halides is 3.